The van der Waals surface area contributed by atoms with Crippen LogP contribution in [0.1, 0.15) is 24.5 Å². The van der Waals surface area contributed by atoms with Crippen LogP contribution in [0.4, 0.5) is 0 Å². The average molecular weight is 264 g/mol. The molecule has 0 saturated heterocycles. The summed E-state index contributed by atoms with van der Waals surface area (Å²) >= 11 is 0. The molecule has 1 atom stereocenters. The molecule has 20 heavy (non-hydrogen) atoms. The Hall–Kier alpha value is -2.19. The Kier molecular flexibility index (Phi) is 3.48. The van der Waals surface area contributed by atoms with E-state index in [-0.39, 0.29) is 5.78 Å². The van der Waals surface area contributed by atoms with E-state index in [1.165, 1.54) is 0 Å². The summed E-state index contributed by atoms with van der Waals surface area (Å²) in [6.07, 6.45) is 2.31. The second-order valence-corrected chi connectivity index (χ2v) is 5.01. The van der Waals surface area contributed by atoms with Crippen LogP contribution >= 0.6 is 0 Å². The van der Waals surface area contributed by atoms with E-state index < -0.39 is 6.10 Å². The van der Waals surface area contributed by atoms with Crippen molar-refractivity contribution < 1.29 is 9.90 Å². The standard InChI is InChI=1S/C18H16O2/c19-17-8-4-7-16(17)18(20)15-11-9-14(10-12-15)13-5-2-1-3-6-13/h1-3,5-7,9-12,18,20H,4,8H2. The molecule has 2 nitrogen and oxygen atoms in total. The zero-order chi connectivity index (χ0) is 13.9. The molecular formula is C18H16O2. The summed E-state index contributed by atoms with van der Waals surface area (Å²) in [6, 6.07) is 17.8. The summed E-state index contributed by atoms with van der Waals surface area (Å²) < 4.78 is 0. The smallest absolute Gasteiger partial charge is 0.161 e. The van der Waals surface area contributed by atoms with E-state index in [0.29, 0.717) is 12.0 Å². The number of ketones is 1. The molecule has 2 aromatic carbocycles. The second-order valence-electron chi connectivity index (χ2n) is 5.01. The average Bonchev–Trinajstić information content (AvgIpc) is 2.94. The first kappa shape index (κ1) is 12.8. The van der Waals surface area contributed by atoms with E-state index in [1.54, 1.807) is 0 Å². The van der Waals surface area contributed by atoms with Crippen molar-refractivity contribution >= 4 is 5.78 Å². The molecular weight excluding hydrogens is 248 g/mol. The summed E-state index contributed by atoms with van der Waals surface area (Å²) in [6.45, 7) is 0. The van der Waals surface area contributed by atoms with Gasteiger partial charge in [-0.05, 0) is 23.1 Å². The third kappa shape index (κ3) is 2.43. The predicted octanol–water partition coefficient (Wildman–Crippen LogP) is 3.68. The van der Waals surface area contributed by atoms with Crippen molar-refractivity contribution in [2.24, 2.45) is 0 Å². The van der Waals surface area contributed by atoms with E-state index in [4.69, 9.17) is 0 Å². The molecule has 1 aliphatic rings. The molecule has 0 saturated carbocycles. The van der Waals surface area contributed by atoms with Gasteiger partial charge in [-0.25, -0.2) is 0 Å². The zero-order valence-corrected chi connectivity index (χ0v) is 11.1. The molecule has 1 unspecified atom stereocenters. The highest BCUT2D eigenvalue weighted by atomic mass is 16.3. The molecule has 0 radical (unpaired) electrons. The van der Waals surface area contributed by atoms with Crippen molar-refractivity contribution in [3.63, 3.8) is 0 Å². The molecule has 0 bridgehead atoms. The Morgan fingerprint density at radius 3 is 2.15 bits per heavy atom. The van der Waals surface area contributed by atoms with Crippen LogP contribution in [0.3, 0.4) is 0 Å². The fraction of sp³-hybridized carbons (Fsp3) is 0.167. The Labute approximate surface area is 118 Å². The van der Waals surface area contributed by atoms with Gasteiger partial charge in [0.25, 0.3) is 0 Å². The summed E-state index contributed by atoms with van der Waals surface area (Å²) in [5.74, 6) is 0.0598. The van der Waals surface area contributed by atoms with Crippen LogP contribution in [-0.4, -0.2) is 10.9 Å². The van der Waals surface area contributed by atoms with Gasteiger partial charge in [-0.15, -0.1) is 0 Å². The maximum Gasteiger partial charge on any atom is 0.161 e. The fourth-order valence-corrected chi connectivity index (χ4v) is 2.55. The molecule has 2 aromatic rings. The number of aliphatic hydroxyl groups excluding tert-OH is 1. The molecule has 2 heteroatoms. The van der Waals surface area contributed by atoms with Crippen LogP contribution in [0.2, 0.25) is 0 Å². The van der Waals surface area contributed by atoms with Crippen LogP contribution < -0.4 is 0 Å². The topological polar surface area (TPSA) is 37.3 Å². The third-order valence-electron chi connectivity index (χ3n) is 3.69. The number of carbonyl (C=O) groups excluding carboxylic acids is 1. The van der Waals surface area contributed by atoms with Crippen molar-refractivity contribution in [3.05, 3.63) is 71.8 Å². The van der Waals surface area contributed by atoms with E-state index in [0.717, 1.165) is 23.1 Å². The minimum Gasteiger partial charge on any atom is -0.384 e. The van der Waals surface area contributed by atoms with Crippen molar-refractivity contribution in [2.45, 2.75) is 18.9 Å². The maximum absolute atomic E-state index is 11.6. The highest BCUT2D eigenvalue weighted by Crippen LogP contribution is 2.29. The fourth-order valence-electron chi connectivity index (χ4n) is 2.55. The van der Waals surface area contributed by atoms with Gasteiger partial charge in [-0.2, -0.15) is 0 Å². The van der Waals surface area contributed by atoms with Gasteiger partial charge < -0.3 is 5.11 Å². The van der Waals surface area contributed by atoms with Crippen LogP contribution in [0.15, 0.2) is 66.2 Å². The van der Waals surface area contributed by atoms with Crippen molar-refractivity contribution in [3.8, 4) is 11.1 Å². The highest BCUT2D eigenvalue weighted by Gasteiger charge is 2.23. The van der Waals surface area contributed by atoms with Gasteiger partial charge in [0.1, 0.15) is 6.10 Å². The number of hydrogen-bond donors (Lipinski definition) is 1. The number of aliphatic hydroxyl groups is 1. The van der Waals surface area contributed by atoms with Gasteiger partial charge in [0.05, 0.1) is 0 Å². The molecule has 0 amide bonds. The number of benzene rings is 2. The van der Waals surface area contributed by atoms with Gasteiger partial charge in [-0.1, -0.05) is 60.7 Å². The predicted molar refractivity (Wildman–Crippen MR) is 79.2 cm³/mol. The Bertz CT molecular complexity index is 639. The van der Waals surface area contributed by atoms with Crippen LogP contribution in [0.25, 0.3) is 11.1 Å². The molecule has 0 aliphatic heterocycles. The van der Waals surface area contributed by atoms with Gasteiger partial charge in [0.15, 0.2) is 5.78 Å². The highest BCUT2D eigenvalue weighted by molar-refractivity contribution is 5.98. The number of carbonyl (C=O) groups is 1. The van der Waals surface area contributed by atoms with Crippen molar-refractivity contribution in [1.82, 2.24) is 0 Å². The van der Waals surface area contributed by atoms with Crippen LogP contribution in [-0.2, 0) is 4.79 Å². The SMILES string of the molecule is O=C1CCC=C1C(O)c1ccc(-c2ccccc2)cc1. The Morgan fingerprint density at radius 1 is 0.900 bits per heavy atom. The normalized spacial score (nSPS) is 16.1. The lowest BCUT2D eigenvalue weighted by molar-refractivity contribution is -0.115. The summed E-state index contributed by atoms with van der Waals surface area (Å²) in [7, 11) is 0. The summed E-state index contributed by atoms with van der Waals surface area (Å²) in [5.41, 5.74) is 3.56. The molecule has 0 aromatic heterocycles. The number of allylic oxidation sites excluding steroid dienone is 1. The van der Waals surface area contributed by atoms with Gasteiger partial charge in [0.2, 0.25) is 0 Å². The van der Waals surface area contributed by atoms with Crippen LogP contribution in [0, 0.1) is 0 Å². The zero-order valence-electron chi connectivity index (χ0n) is 11.1. The minimum atomic E-state index is -0.796. The first-order chi connectivity index (χ1) is 9.75. The molecule has 3 rings (SSSR count). The number of hydrogen-bond acceptors (Lipinski definition) is 2. The van der Waals surface area contributed by atoms with Gasteiger partial charge >= 0.3 is 0 Å². The lowest BCUT2D eigenvalue weighted by Gasteiger charge is -2.12. The van der Waals surface area contributed by atoms with E-state index >= 15 is 0 Å². The van der Waals surface area contributed by atoms with Crippen molar-refractivity contribution in [2.75, 3.05) is 0 Å². The quantitative estimate of drug-likeness (QED) is 0.918. The number of rotatable bonds is 3. The lowest BCUT2D eigenvalue weighted by Crippen LogP contribution is -2.07. The molecule has 1 N–H and O–H groups in total. The lowest BCUT2D eigenvalue weighted by atomic mass is 9.97. The summed E-state index contributed by atoms with van der Waals surface area (Å²) in [4.78, 5) is 11.6. The van der Waals surface area contributed by atoms with Gasteiger partial charge in [-0.3, -0.25) is 4.79 Å². The number of Topliss-reactive ketones (excluding diaryl/α,β-unsaturated/α-hetero) is 1. The molecule has 0 fully saturated rings. The molecule has 1 aliphatic carbocycles. The molecule has 0 heterocycles. The summed E-state index contributed by atoms with van der Waals surface area (Å²) in [5, 5.41) is 10.3. The monoisotopic (exact) mass is 264 g/mol. The minimum absolute atomic E-state index is 0.0598. The van der Waals surface area contributed by atoms with Crippen LogP contribution in [0.5, 0.6) is 0 Å². The molecule has 100 valence electrons. The van der Waals surface area contributed by atoms with E-state index in [1.807, 2.05) is 48.5 Å². The van der Waals surface area contributed by atoms with Gasteiger partial charge in [0, 0.05) is 12.0 Å². The maximum atomic E-state index is 11.6. The van der Waals surface area contributed by atoms with Crippen molar-refractivity contribution in [1.29, 1.82) is 0 Å². The molecule has 0 spiro atoms. The third-order valence-corrected chi connectivity index (χ3v) is 3.69. The Balaban J connectivity index is 1.85. The van der Waals surface area contributed by atoms with E-state index in [2.05, 4.69) is 12.1 Å². The largest absolute Gasteiger partial charge is 0.384 e. The Morgan fingerprint density at radius 2 is 1.55 bits per heavy atom. The first-order valence-corrected chi connectivity index (χ1v) is 6.82. The second kappa shape index (κ2) is 5.43. The first-order valence-electron chi connectivity index (χ1n) is 6.82. The van der Waals surface area contributed by atoms with E-state index in [9.17, 15) is 9.90 Å².